The first-order valence-corrected chi connectivity index (χ1v) is 6.57. The summed E-state index contributed by atoms with van der Waals surface area (Å²) in [6, 6.07) is 0.553. The molecule has 0 aliphatic heterocycles. The van der Waals surface area contributed by atoms with Crippen molar-refractivity contribution in [3.05, 3.63) is 0 Å². The highest BCUT2D eigenvalue weighted by atomic mass is 16.1. The second kappa shape index (κ2) is 7.05. The summed E-state index contributed by atoms with van der Waals surface area (Å²) in [7, 11) is 2.14. The van der Waals surface area contributed by atoms with Gasteiger partial charge in [0.05, 0.1) is 0 Å². The van der Waals surface area contributed by atoms with Crippen molar-refractivity contribution in [3.63, 3.8) is 0 Å². The Morgan fingerprint density at radius 1 is 1.19 bits per heavy atom. The molecule has 2 nitrogen and oxygen atoms in total. The molecule has 1 atom stereocenters. The van der Waals surface area contributed by atoms with Gasteiger partial charge >= 0.3 is 0 Å². The predicted molar refractivity (Wildman–Crippen MR) is 70.6 cm³/mol. The van der Waals surface area contributed by atoms with E-state index in [0.29, 0.717) is 12.0 Å². The second-order valence-corrected chi connectivity index (χ2v) is 5.58. The summed E-state index contributed by atoms with van der Waals surface area (Å²) in [6.45, 7) is 11.9. The summed E-state index contributed by atoms with van der Waals surface area (Å²) in [5, 5.41) is 0. The zero-order valence-corrected chi connectivity index (χ0v) is 11.9. The van der Waals surface area contributed by atoms with Crippen LogP contribution in [0.1, 0.15) is 53.9 Å². The van der Waals surface area contributed by atoms with Crippen LogP contribution >= 0.6 is 0 Å². The van der Waals surface area contributed by atoms with Gasteiger partial charge in [-0.3, -0.25) is 0 Å². The lowest BCUT2D eigenvalue weighted by Gasteiger charge is -2.34. The smallest absolute Gasteiger partial charge is 0.127 e. The van der Waals surface area contributed by atoms with E-state index in [0.717, 1.165) is 25.7 Å². The summed E-state index contributed by atoms with van der Waals surface area (Å²) < 4.78 is 0. The molecule has 0 rings (SSSR count). The van der Waals surface area contributed by atoms with Gasteiger partial charge in [0, 0.05) is 18.0 Å². The predicted octanol–water partition coefficient (Wildman–Crippen LogP) is 3.36. The Morgan fingerprint density at radius 3 is 2.00 bits per heavy atom. The van der Waals surface area contributed by atoms with E-state index in [1.165, 1.54) is 6.42 Å². The van der Waals surface area contributed by atoms with Crippen LogP contribution in [-0.2, 0) is 4.79 Å². The van der Waals surface area contributed by atoms with Gasteiger partial charge in [0.15, 0.2) is 0 Å². The molecule has 0 aromatic heterocycles. The molecule has 0 heterocycles. The molecule has 16 heavy (non-hydrogen) atoms. The van der Waals surface area contributed by atoms with Crippen LogP contribution in [-0.4, -0.2) is 30.8 Å². The molecule has 0 saturated carbocycles. The maximum Gasteiger partial charge on any atom is 0.127 e. The lowest BCUT2D eigenvalue weighted by Crippen LogP contribution is -2.41. The van der Waals surface area contributed by atoms with Crippen molar-refractivity contribution in [3.8, 4) is 0 Å². The summed E-state index contributed by atoms with van der Waals surface area (Å²) in [4.78, 5) is 13.6. The van der Waals surface area contributed by atoms with E-state index in [2.05, 4.69) is 46.6 Å². The molecular formula is C14H29NO. The summed E-state index contributed by atoms with van der Waals surface area (Å²) >= 11 is 0. The molecule has 0 aliphatic carbocycles. The summed E-state index contributed by atoms with van der Waals surface area (Å²) in [5.74, 6) is 0.714. The number of hydrogen-bond acceptors (Lipinski definition) is 2. The normalized spacial score (nSPS) is 14.5. The van der Waals surface area contributed by atoms with Crippen LogP contribution in [0, 0.1) is 11.3 Å². The number of hydrogen-bond donors (Lipinski definition) is 0. The monoisotopic (exact) mass is 227 g/mol. The number of carbonyl (C=O) groups excluding carboxylic acids is 1. The maximum absolute atomic E-state index is 11.2. The second-order valence-electron chi connectivity index (χ2n) is 5.58. The molecule has 0 N–H and O–H groups in total. The Bertz CT molecular complexity index is 197. The highest BCUT2D eigenvalue weighted by Crippen LogP contribution is 2.26. The first-order valence-electron chi connectivity index (χ1n) is 6.57. The van der Waals surface area contributed by atoms with Crippen LogP contribution in [0.5, 0.6) is 0 Å². The molecule has 0 saturated heterocycles. The zero-order valence-electron chi connectivity index (χ0n) is 11.9. The van der Waals surface area contributed by atoms with Crippen molar-refractivity contribution in [1.29, 1.82) is 0 Å². The number of nitrogens with zero attached hydrogens (tertiary/aromatic N) is 1. The first kappa shape index (κ1) is 15.6. The van der Waals surface area contributed by atoms with Crippen LogP contribution < -0.4 is 0 Å². The number of aldehydes is 1. The van der Waals surface area contributed by atoms with Crippen molar-refractivity contribution in [2.45, 2.75) is 59.9 Å². The molecule has 2 heteroatoms. The highest BCUT2D eigenvalue weighted by molar-refractivity contribution is 5.59. The van der Waals surface area contributed by atoms with E-state index in [1.54, 1.807) is 0 Å². The topological polar surface area (TPSA) is 20.3 Å². The average molecular weight is 227 g/mol. The van der Waals surface area contributed by atoms with Crippen molar-refractivity contribution in [2.75, 3.05) is 13.6 Å². The molecule has 0 aromatic rings. The van der Waals surface area contributed by atoms with Gasteiger partial charge in [-0.2, -0.15) is 0 Å². The van der Waals surface area contributed by atoms with Crippen molar-refractivity contribution in [1.82, 2.24) is 4.90 Å². The Labute approximate surface area is 101 Å². The molecule has 1 unspecified atom stereocenters. The quantitative estimate of drug-likeness (QED) is 0.593. The lowest BCUT2D eigenvalue weighted by atomic mass is 9.83. The molecule has 0 aliphatic rings. The van der Waals surface area contributed by atoms with Crippen LogP contribution in [0.3, 0.4) is 0 Å². The third-order valence-electron chi connectivity index (χ3n) is 3.79. The third kappa shape index (κ3) is 4.65. The van der Waals surface area contributed by atoms with Gasteiger partial charge in [0.1, 0.15) is 6.29 Å². The van der Waals surface area contributed by atoms with E-state index >= 15 is 0 Å². The molecule has 0 spiro atoms. The van der Waals surface area contributed by atoms with E-state index in [4.69, 9.17) is 0 Å². The minimum atomic E-state index is -0.139. The molecule has 0 aromatic carbocycles. The van der Waals surface area contributed by atoms with Gasteiger partial charge in [-0.1, -0.05) is 27.7 Å². The van der Waals surface area contributed by atoms with Gasteiger partial charge in [0.25, 0.3) is 0 Å². The van der Waals surface area contributed by atoms with Gasteiger partial charge in [-0.25, -0.2) is 0 Å². The molecule has 0 fully saturated rings. The number of rotatable bonds is 8. The van der Waals surface area contributed by atoms with Gasteiger partial charge in [0.2, 0.25) is 0 Å². The van der Waals surface area contributed by atoms with Crippen molar-refractivity contribution in [2.24, 2.45) is 11.3 Å². The fraction of sp³-hybridized carbons (Fsp3) is 0.929. The fourth-order valence-corrected chi connectivity index (χ4v) is 2.19. The van der Waals surface area contributed by atoms with Crippen LogP contribution in [0.15, 0.2) is 0 Å². The Balaban J connectivity index is 4.39. The van der Waals surface area contributed by atoms with E-state index in [-0.39, 0.29) is 5.41 Å². The van der Waals surface area contributed by atoms with Crippen LogP contribution in [0.2, 0.25) is 0 Å². The Morgan fingerprint density at radius 2 is 1.69 bits per heavy atom. The Hall–Kier alpha value is -0.370. The molecule has 0 radical (unpaired) electrons. The summed E-state index contributed by atoms with van der Waals surface area (Å²) in [6.07, 6.45) is 4.22. The molecule has 0 bridgehead atoms. The van der Waals surface area contributed by atoms with Crippen LogP contribution in [0.4, 0.5) is 0 Å². The fourth-order valence-electron chi connectivity index (χ4n) is 2.19. The van der Waals surface area contributed by atoms with Gasteiger partial charge in [-0.15, -0.1) is 0 Å². The largest absolute Gasteiger partial charge is 0.303 e. The number of carbonyl (C=O) groups is 1. The zero-order chi connectivity index (χ0) is 12.8. The maximum atomic E-state index is 11.2. The van der Waals surface area contributed by atoms with E-state index in [9.17, 15) is 4.79 Å². The van der Waals surface area contributed by atoms with Crippen LogP contribution in [0.25, 0.3) is 0 Å². The molecule has 96 valence electrons. The Kier molecular flexibility index (Phi) is 6.89. The minimum Gasteiger partial charge on any atom is -0.303 e. The molecule has 0 amide bonds. The minimum absolute atomic E-state index is 0.139. The SMILES string of the molecule is CCC(C=O)(CC)CN(C)C(C)CC(C)C. The average Bonchev–Trinajstić information content (AvgIpc) is 2.25. The van der Waals surface area contributed by atoms with E-state index < -0.39 is 0 Å². The molecular weight excluding hydrogens is 198 g/mol. The van der Waals surface area contributed by atoms with Crippen molar-refractivity contribution >= 4 is 6.29 Å². The third-order valence-corrected chi connectivity index (χ3v) is 3.79. The lowest BCUT2D eigenvalue weighted by molar-refractivity contribution is -0.117. The van der Waals surface area contributed by atoms with E-state index in [1.807, 2.05) is 0 Å². The van der Waals surface area contributed by atoms with Gasteiger partial charge in [-0.05, 0) is 39.2 Å². The highest BCUT2D eigenvalue weighted by Gasteiger charge is 2.28. The van der Waals surface area contributed by atoms with Crippen molar-refractivity contribution < 1.29 is 4.79 Å². The van der Waals surface area contributed by atoms with Gasteiger partial charge < -0.3 is 9.69 Å². The summed E-state index contributed by atoms with van der Waals surface area (Å²) in [5.41, 5.74) is -0.139. The standard InChI is InChI=1S/C14H29NO/c1-7-14(8-2,11-16)10-15(6)13(5)9-12(3)4/h11-13H,7-10H2,1-6H3. The first-order chi connectivity index (χ1) is 7.40.